The Balaban J connectivity index is 2.79. The molecule has 3 nitrogen and oxygen atoms in total. The lowest BCUT2D eigenvalue weighted by Gasteiger charge is -2.07. The van der Waals surface area contributed by atoms with E-state index in [9.17, 15) is 4.79 Å². The number of aryl methyl sites for hydroxylation is 1. The van der Waals surface area contributed by atoms with Gasteiger partial charge in [0.25, 0.3) is 5.91 Å². The van der Waals surface area contributed by atoms with Crippen LogP contribution in [-0.2, 0) is 6.42 Å². The van der Waals surface area contributed by atoms with Crippen molar-refractivity contribution in [2.75, 3.05) is 0 Å². The Morgan fingerprint density at radius 1 is 1.57 bits per heavy atom. The highest BCUT2D eigenvalue weighted by molar-refractivity contribution is 5.92. The molecule has 0 unspecified atom stereocenters. The average Bonchev–Trinajstić information content (AvgIpc) is 2.17. The molecule has 0 saturated carbocycles. The minimum Gasteiger partial charge on any atom is -0.349 e. The third-order valence-corrected chi connectivity index (χ3v) is 1.89. The van der Waals surface area contributed by atoms with Crippen LogP contribution in [0.2, 0.25) is 0 Å². The standard InChI is InChI=1S/C11H16N2O/c1-4-9-5-6-12-10(7-9)11(14)13-8(2)3/h5-8H,4H2,1-3H3,(H,13,14). The molecule has 0 aliphatic heterocycles. The minimum atomic E-state index is -0.102. The van der Waals surface area contributed by atoms with E-state index in [1.165, 1.54) is 0 Å². The quantitative estimate of drug-likeness (QED) is 0.793. The molecule has 0 spiro atoms. The van der Waals surface area contributed by atoms with Gasteiger partial charge < -0.3 is 5.32 Å². The van der Waals surface area contributed by atoms with Crippen molar-refractivity contribution in [3.8, 4) is 0 Å². The summed E-state index contributed by atoms with van der Waals surface area (Å²) in [7, 11) is 0. The second-order valence-corrected chi connectivity index (χ2v) is 3.53. The number of aromatic nitrogens is 1. The lowest BCUT2D eigenvalue weighted by Crippen LogP contribution is -2.30. The molecular weight excluding hydrogens is 176 g/mol. The maximum atomic E-state index is 11.5. The Morgan fingerprint density at radius 3 is 2.86 bits per heavy atom. The van der Waals surface area contributed by atoms with Gasteiger partial charge in [-0.3, -0.25) is 9.78 Å². The van der Waals surface area contributed by atoms with Crippen LogP contribution < -0.4 is 5.32 Å². The molecule has 0 saturated heterocycles. The summed E-state index contributed by atoms with van der Waals surface area (Å²) in [6, 6.07) is 3.90. The van der Waals surface area contributed by atoms with Crippen molar-refractivity contribution in [1.82, 2.24) is 10.3 Å². The molecule has 14 heavy (non-hydrogen) atoms. The number of hydrogen-bond donors (Lipinski definition) is 1. The molecule has 0 bridgehead atoms. The van der Waals surface area contributed by atoms with Crippen LogP contribution in [0.25, 0.3) is 0 Å². The van der Waals surface area contributed by atoms with E-state index < -0.39 is 0 Å². The summed E-state index contributed by atoms with van der Waals surface area (Å²) in [6.45, 7) is 5.92. The number of hydrogen-bond acceptors (Lipinski definition) is 2. The van der Waals surface area contributed by atoms with Gasteiger partial charge in [0.15, 0.2) is 0 Å². The van der Waals surface area contributed by atoms with Crippen LogP contribution in [0.15, 0.2) is 18.3 Å². The molecule has 0 atom stereocenters. The van der Waals surface area contributed by atoms with Crippen LogP contribution in [-0.4, -0.2) is 16.9 Å². The van der Waals surface area contributed by atoms with E-state index in [-0.39, 0.29) is 11.9 Å². The van der Waals surface area contributed by atoms with E-state index >= 15 is 0 Å². The van der Waals surface area contributed by atoms with Crippen LogP contribution in [0.1, 0.15) is 36.8 Å². The largest absolute Gasteiger partial charge is 0.349 e. The third-order valence-electron chi connectivity index (χ3n) is 1.89. The molecule has 0 radical (unpaired) electrons. The molecule has 1 N–H and O–H groups in total. The first-order chi connectivity index (χ1) is 6.63. The molecule has 0 aromatic carbocycles. The Labute approximate surface area is 84.6 Å². The summed E-state index contributed by atoms with van der Waals surface area (Å²) < 4.78 is 0. The van der Waals surface area contributed by atoms with Crippen molar-refractivity contribution in [2.24, 2.45) is 0 Å². The molecule has 1 amide bonds. The molecule has 1 aromatic heterocycles. The lowest BCUT2D eigenvalue weighted by atomic mass is 10.2. The van der Waals surface area contributed by atoms with Gasteiger partial charge in [-0.25, -0.2) is 0 Å². The van der Waals surface area contributed by atoms with Crippen molar-refractivity contribution >= 4 is 5.91 Å². The van der Waals surface area contributed by atoms with Gasteiger partial charge in [0.1, 0.15) is 5.69 Å². The van der Waals surface area contributed by atoms with Crippen LogP contribution in [0, 0.1) is 0 Å². The number of rotatable bonds is 3. The molecule has 3 heteroatoms. The first-order valence-corrected chi connectivity index (χ1v) is 4.89. The van der Waals surface area contributed by atoms with E-state index in [1.807, 2.05) is 26.0 Å². The fourth-order valence-electron chi connectivity index (χ4n) is 1.15. The van der Waals surface area contributed by atoms with Crippen molar-refractivity contribution in [1.29, 1.82) is 0 Å². The molecule has 1 heterocycles. The van der Waals surface area contributed by atoms with E-state index in [0.29, 0.717) is 5.69 Å². The van der Waals surface area contributed by atoms with Crippen LogP contribution in [0.5, 0.6) is 0 Å². The van der Waals surface area contributed by atoms with Gasteiger partial charge >= 0.3 is 0 Å². The Morgan fingerprint density at radius 2 is 2.29 bits per heavy atom. The summed E-state index contributed by atoms with van der Waals surface area (Å²) >= 11 is 0. The number of nitrogens with zero attached hydrogens (tertiary/aromatic N) is 1. The van der Waals surface area contributed by atoms with Gasteiger partial charge in [0.05, 0.1) is 0 Å². The predicted molar refractivity (Wildman–Crippen MR) is 56.2 cm³/mol. The van der Waals surface area contributed by atoms with Gasteiger partial charge in [0.2, 0.25) is 0 Å². The summed E-state index contributed by atoms with van der Waals surface area (Å²) in [5, 5.41) is 2.81. The first kappa shape index (κ1) is 10.7. The number of amides is 1. The maximum Gasteiger partial charge on any atom is 0.270 e. The smallest absolute Gasteiger partial charge is 0.270 e. The molecule has 76 valence electrons. The maximum absolute atomic E-state index is 11.5. The Bertz CT molecular complexity index is 321. The number of carbonyl (C=O) groups is 1. The van der Waals surface area contributed by atoms with Crippen LogP contribution in [0.4, 0.5) is 0 Å². The van der Waals surface area contributed by atoms with Crippen molar-refractivity contribution in [3.05, 3.63) is 29.6 Å². The van der Waals surface area contributed by atoms with Crippen molar-refractivity contribution in [3.63, 3.8) is 0 Å². The lowest BCUT2D eigenvalue weighted by molar-refractivity contribution is 0.0938. The highest BCUT2D eigenvalue weighted by atomic mass is 16.1. The van der Waals surface area contributed by atoms with E-state index in [2.05, 4.69) is 17.2 Å². The minimum absolute atomic E-state index is 0.102. The summed E-state index contributed by atoms with van der Waals surface area (Å²) in [5.41, 5.74) is 1.63. The van der Waals surface area contributed by atoms with Crippen LogP contribution >= 0.6 is 0 Å². The second-order valence-electron chi connectivity index (χ2n) is 3.53. The zero-order chi connectivity index (χ0) is 10.6. The predicted octanol–water partition coefficient (Wildman–Crippen LogP) is 1.78. The molecule has 0 aliphatic rings. The molecule has 1 aromatic rings. The highest BCUT2D eigenvalue weighted by Crippen LogP contribution is 2.02. The average molecular weight is 192 g/mol. The first-order valence-electron chi connectivity index (χ1n) is 4.89. The highest BCUT2D eigenvalue weighted by Gasteiger charge is 2.07. The summed E-state index contributed by atoms with van der Waals surface area (Å²) in [5.74, 6) is -0.102. The zero-order valence-electron chi connectivity index (χ0n) is 8.87. The SMILES string of the molecule is CCc1ccnc(C(=O)NC(C)C)c1. The van der Waals surface area contributed by atoms with Gasteiger partial charge in [-0.2, -0.15) is 0 Å². The monoisotopic (exact) mass is 192 g/mol. The van der Waals surface area contributed by atoms with Gasteiger partial charge in [-0.05, 0) is 38.0 Å². The Kier molecular flexibility index (Phi) is 3.63. The van der Waals surface area contributed by atoms with Gasteiger partial charge in [0, 0.05) is 12.2 Å². The van der Waals surface area contributed by atoms with E-state index in [1.54, 1.807) is 6.20 Å². The number of carbonyl (C=O) groups excluding carboxylic acids is 1. The van der Waals surface area contributed by atoms with E-state index in [0.717, 1.165) is 12.0 Å². The molecule has 1 rings (SSSR count). The zero-order valence-corrected chi connectivity index (χ0v) is 8.87. The fraction of sp³-hybridized carbons (Fsp3) is 0.455. The topological polar surface area (TPSA) is 42.0 Å². The fourth-order valence-corrected chi connectivity index (χ4v) is 1.15. The third kappa shape index (κ3) is 2.83. The van der Waals surface area contributed by atoms with Crippen LogP contribution in [0.3, 0.4) is 0 Å². The number of nitrogens with one attached hydrogen (secondary N) is 1. The summed E-state index contributed by atoms with van der Waals surface area (Å²) in [4.78, 5) is 15.6. The van der Waals surface area contributed by atoms with E-state index in [4.69, 9.17) is 0 Å². The normalized spacial score (nSPS) is 10.3. The molecule has 0 fully saturated rings. The number of pyridine rings is 1. The van der Waals surface area contributed by atoms with Gasteiger partial charge in [-0.15, -0.1) is 0 Å². The van der Waals surface area contributed by atoms with Gasteiger partial charge in [-0.1, -0.05) is 6.92 Å². The summed E-state index contributed by atoms with van der Waals surface area (Å²) in [6.07, 6.45) is 2.60. The molecule has 0 aliphatic carbocycles. The van der Waals surface area contributed by atoms with Crippen molar-refractivity contribution < 1.29 is 4.79 Å². The second kappa shape index (κ2) is 4.74. The molecular formula is C11H16N2O. The van der Waals surface area contributed by atoms with Crippen molar-refractivity contribution in [2.45, 2.75) is 33.2 Å². The Hall–Kier alpha value is -1.38.